The van der Waals surface area contributed by atoms with Crippen LogP contribution in [0.1, 0.15) is 31.2 Å². The number of aromatic nitrogens is 1. The number of hydrogen-bond acceptors (Lipinski definition) is 5. The van der Waals surface area contributed by atoms with Crippen LogP contribution >= 0.6 is 55.0 Å². The smallest absolute Gasteiger partial charge is 0.307 e. The van der Waals surface area contributed by atoms with Crippen molar-refractivity contribution in [2.45, 2.75) is 35.8 Å². The van der Waals surface area contributed by atoms with Gasteiger partial charge in [-0.15, -0.1) is 11.3 Å². The lowest BCUT2D eigenvalue weighted by Crippen LogP contribution is -2.36. The van der Waals surface area contributed by atoms with E-state index >= 15 is 0 Å². The van der Waals surface area contributed by atoms with Crippen molar-refractivity contribution in [1.29, 1.82) is 0 Å². The molecule has 0 radical (unpaired) electrons. The molecule has 1 fully saturated rings. The monoisotopic (exact) mass is 582 g/mol. The number of carboxylic acid groups (broad SMARTS) is 1. The Kier molecular flexibility index (Phi) is 7.36. The minimum Gasteiger partial charge on any atom is -0.481 e. The third kappa shape index (κ3) is 5.50. The molecule has 0 spiro atoms. The van der Waals surface area contributed by atoms with Gasteiger partial charge in [-0.2, -0.15) is 0 Å². The molecule has 2 atom stereocenters. The van der Waals surface area contributed by atoms with Crippen LogP contribution in [0.5, 0.6) is 0 Å². The highest BCUT2D eigenvalue weighted by atomic mass is 79.9. The van der Waals surface area contributed by atoms with E-state index in [2.05, 4.69) is 48.2 Å². The topological polar surface area (TPSA) is 79.3 Å². The van der Waals surface area contributed by atoms with Gasteiger partial charge in [0.15, 0.2) is 4.34 Å². The fourth-order valence-corrected chi connectivity index (χ4v) is 7.28. The summed E-state index contributed by atoms with van der Waals surface area (Å²) in [5.74, 6) is -1.35. The van der Waals surface area contributed by atoms with Gasteiger partial charge in [-0.1, -0.05) is 62.5 Å². The maximum absolute atomic E-state index is 12.7. The molecule has 162 valence electrons. The molecule has 1 saturated carbocycles. The fourth-order valence-electron chi connectivity index (χ4n) is 3.80. The van der Waals surface area contributed by atoms with E-state index in [9.17, 15) is 14.7 Å². The summed E-state index contributed by atoms with van der Waals surface area (Å²) in [6.07, 6.45) is 2.95. The molecule has 1 amide bonds. The van der Waals surface area contributed by atoms with Crippen LogP contribution in [0, 0.1) is 11.8 Å². The number of carboxylic acids is 1. The number of halogens is 2. The second kappa shape index (κ2) is 10.0. The number of nitrogens with zero attached hydrogens (tertiary/aromatic N) is 1. The molecule has 31 heavy (non-hydrogen) atoms. The van der Waals surface area contributed by atoms with Gasteiger partial charge in [-0.3, -0.25) is 9.59 Å². The van der Waals surface area contributed by atoms with Gasteiger partial charge in [-0.25, -0.2) is 4.98 Å². The third-order valence-corrected chi connectivity index (χ3v) is 8.86. The van der Waals surface area contributed by atoms with E-state index < -0.39 is 17.8 Å². The summed E-state index contributed by atoms with van der Waals surface area (Å²) in [5, 5.41) is 12.4. The Balaban J connectivity index is 1.44. The lowest BCUT2D eigenvalue weighted by molar-refractivity contribution is -0.147. The van der Waals surface area contributed by atoms with E-state index in [4.69, 9.17) is 0 Å². The minimum absolute atomic E-state index is 0.203. The van der Waals surface area contributed by atoms with Gasteiger partial charge in [0.2, 0.25) is 5.91 Å². The van der Waals surface area contributed by atoms with Gasteiger partial charge >= 0.3 is 5.97 Å². The summed E-state index contributed by atoms with van der Waals surface area (Å²) in [7, 11) is 0. The van der Waals surface area contributed by atoms with Gasteiger partial charge in [0, 0.05) is 20.4 Å². The normalized spacial score (nSPS) is 18.8. The average molecular weight is 584 g/mol. The van der Waals surface area contributed by atoms with E-state index in [0.717, 1.165) is 42.1 Å². The van der Waals surface area contributed by atoms with Gasteiger partial charge < -0.3 is 10.4 Å². The SMILES string of the molecule is O=C(O)[C@@H]1CCCC[C@H]1C(=O)Nc1ccc2nc(SCc3ccc(Br)cc3Br)sc2c1. The first-order chi connectivity index (χ1) is 14.9. The number of rotatable bonds is 6. The molecule has 3 aromatic rings. The number of nitrogens with one attached hydrogen (secondary N) is 1. The van der Waals surface area contributed by atoms with E-state index in [0.29, 0.717) is 18.5 Å². The maximum atomic E-state index is 12.7. The average Bonchev–Trinajstić information content (AvgIpc) is 3.15. The highest BCUT2D eigenvalue weighted by molar-refractivity contribution is 9.11. The van der Waals surface area contributed by atoms with Crippen LogP contribution in [0.25, 0.3) is 10.2 Å². The summed E-state index contributed by atoms with van der Waals surface area (Å²) < 4.78 is 4.05. The first-order valence-electron chi connectivity index (χ1n) is 9.91. The molecule has 0 aliphatic heterocycles. The van der Waals surface area contributed by atoms with Gasteiger partial charge in [0.05, 0.1) is 22.1 Å². The van der Waals surface area contributed by atoms with Crippen LogP contribution in [0.2, 0.25) is 0 Å². The van der Waals surface area contributed by atoms with E-state index in [1.165, 1.54) is 5.56 Å². The Morgan fingerprint density at radius 2 is 1.90 bits per heavy atom. The number of thioether (sulfide) groups is 1. The van der Waals surface area contributed by atoms with Crippen LogP contribution in [0.15, 0.2) is 49.7 Å². The number of fused-ring (bicyclic) bond motifs is 1. The standard InChI is InChI=1S/C22H20Br2N2O3S2/c23-13-6-5-12(17(24)9-13)11-30-22-26-18-8-7-14(10-19(18)31-22)25-20(27)15-3-1-2-4-16(15)21(28)29/h5-10,15-16H,1-4,11H2,(H,25,27)(H,28,29)/t15-,16-/m1/s1. The number of aliphatic carboxylic acids is 1. The number of hydrogen-bond donors (Lipinski definition) is 2. The van der Waals surface area contributed by atoms with Crippen molar-refractivity contribution in [1.82, 2.24) is 4.98 Å². The number of carbonyl (C=O) groups is 2. The molecule has 5 nitrogen and oxygen atoms in total. The van der Waals surface area contributed by atoms with Crippen LogP contribution in [0.3, 0.4) is 0 Å². The molecule has 1 heterocycles. The van der Waals surface area contributed by atoms with Crippen molar-refractivity contribution in [3.05, 3.63) is 50.9 Å². The first-order valence-corrected chi connectivity index (χ1v) is 13.3. The summed E-state index contributed by atoms with van der Waals surface area (Å²) in [4.78, 5) is 28.9. The number of carbonyl (C=O) groups excluding carboxylic acids is 1. The van der Waals surface area contributed by atoms with Gasteiger partial charge in [0.1, 0.15) is 0 Å². The zero-order chi connectivity index (χ0) is 22.0. The van der Waals surface area contributed by atoms with Crippen LogP contribution in [0.4, 0.5) is 5.69 Å². The summed E-state index contributed by atoms with van der Waals surface area (Å²) in [6.45, 7) is 0. The molecule has 0 unspecified atom stereocenters. The van der Waals surface area contributed by atoms with Crippen molar-refractivity contribution < 1.29 is 14.7 Å². The Labute approximate surface area is 205 Å². The van der Waals surface area contributed by atoms with E-state index in [1.807, 2.05) is 30.3 Å². The lowest BCUT2D eigenvalue weighted by atomic mass is 9.78. The maximum Gasteiger partial charge on any atom is 0.307 e. The van der Waals surface area contributed by atoms with Crippen molar-refractivity contribution >= 4 is 82.7 Å². The molecule has 2 N–H and O–H groups in total. The largest absolute Gasteiger partial charge is 0.481 e. The Morgan fingerprint density at radius 1 is 1.13 bits per heavy atom. The quantitative estimate of drug-likeness (QED) is 0.307. The predicted octanol–water partition coefficient (Wildman–Crippen LogP) is 6.94. The minimum atomic E-state index is -0.878. The Hall–Kier alpha value is -1.42. The number of benzene rings is 2. The molecule has 4 rings (SSSR count). The second-order valence-electron chi connectivity index (χ2n) is 7.51. The lowest BCUT2D eigenvalue weighted by Gasteiger charge is -2.27. The summed E-state index contributed by atoms with van der Waals surface area (Å²) in [6, 6.07) is 11.8. The van der Waals surface area contributed by atoms with Crippen molar-refractivity contribution in [3.8, 4) is 0 Å². The zero-order valence-corrected chi connectivity index (χ0v) is 21.2. The van der Waals surface area contributed by atoms with E-state index in [-0.39, 0.29) is 5.91 Å². The van der Waals surface area contributed by atoms with Gasteiger partial charge in [0.25, 0.3) is 0 Å². The molecule has 0 saturated heterocycles. The predicted molar refractivity (Wildman–Crippen MR) is 133 cm³/mol. The van der Waals surface area contributed by atoms with Crippen molar-refractivity contribution in [3.63, 3.8) is 0 Å². The van der Waals surface area contributed by atoms with E-state index in [1.54, 1.807) is 23.1 Å². The first kappa shape index (κ1) is 22.8. The molecule has 2 aromatic carbocycles. The highest BCUT2D eigenvalue weighted by Gasteiger charge is 2.35. The second-order valence-corrected chi connectivity index (χ2v) is 11.5. The molecule has 1 aliphatic carbocycles. The summed E-state index contributed by atoms with van der Waals surface area (Å²) >= 11 is 10.3. The molecule has 1 aromatic heterocycles. The molecular formula is C22H20Br2N2O3S2. The highest BCUT2D eigenvalue weighted by Crippen LogP contribution is 2.35. The zero-order valence-electron chi connectivity index (χ0n) is 16.4. The van der Waals surface area contributed by atoms with Crippen molar-refractivity contribution in [2.24, 2.45) is 11.8 Å². The number of anilines is 1. The third-order valence-electron chi connectivity index (χ3n) is 5.42. The fraction of sp³-hybridized carbons (Fsp3) is 0.318. The van der Waals surface area contributed by atoms with Crippen LogP contribution < -0.4 is 5.32 Å². The molecule has 9 heteroatoms. The Bertz CT molecular complexity index is 1140. The number of thiazole rings is 1. The van der Waals surface area contributed by atoms with Gasteiger partial charge in [-0.05, 0) is 48.7 Å². The Morgan fingerprint density at radius 3 is 2.65 bits per heavy atom. The molecule has 0 bridgehead atoms. The van der Waals surface area contributed by atoms with Crippen LogP contribution in [-0.4, -0.2) is 22.0 Å². The molecular weight excluding hydrogens is 564 g/mol. The summed E-state index contributed by atoms with van der Waals surface area (Å²) in [5.41, 5.74) is 2.77. The van der Waals surface area contributed by atoms with Crippen LogP contribution in [-0.2, 0) is 15.3 Å². The molecule has 1 aliphatic rings. The van der Waals surface area contributed by atoms with Crippen molar-refractivity contribution in [2.75, 3.05) is 5.32 Å². The number of amides is 1.